The second-order valence-electron chi connectivity index (χ2n) is 9.70. The van der Waals surface area contributed by atoms with E-state index in [1.54, 1.807) is 44.1 Å². The van der Waals surface area contributed by atoms with E-state index >= 15 is 0 Å². The Morgan fingerprint density at radius 3 is 2.26 bits per heavy atom. The number of fused-ring (bicyclic) bond motifs is 5. The van der Waals surface area contributed by atoms with E-state index in [0.717, 1.165) is 47.3 Å². The lowest BCUT2D eigenvalue weighted by atomic mass is 9.49. The summed E-state index contributed by atoms with van der Waals surface area (Å²) in [5, 5.41) is 0. The molecular formula is C23H38. The summed E-state index contributed by atoms with van der Waals surface area (Å²) in [6, 6.07) is 0. The summed E-state index contributed by atoms with van der Waals surface area (Å²) < 4.78 is 0. The minimum absolute atomic E-state index is 0.879. The van der Waals surface area contributed by atoms with Gasteiger partial charge in [0.25, 0.3) is 0 Å². The highest BCUT2D eigenvalue weighted by atomic mass is 14.5. The Bertz CT molecular complexity index is 435. The predicted molar refractivity (Wildman–Crippen MR) is 99.2 cm³/mol. The van der Waals surface area contributed by atoms with Gasteiger partial charge in [-0.05, 0) is 105 Å². The molecule has 130 valence electrons. The van der Waals surface area contributed by atoms with Gasteiger partial charge < -0.3 is 0 Å². The smallest absolute Gasteiger partial charge is 0.0175 e. The Hall–Kier alpha value is -0.260. The van der Waals surface area contributed by atoms with Crippen LogP contribution < -0.4 is 0 Å². The van der Waals surface area contributed by atoms with E-state index in [1.807, 2.05) is 0 Å². The molecule has 8 unspecified atom stereocenters. The molecule has 0 saturated heterocycles. The van der Waals surface area contributed by atoms with E-state index in [-0.39, 0.29) is 0 Å². The van der Waals surface area contributed by atoms with E-state index in [9.17, 15) is 0 Å². The molecule has 0 heterocycles. The standard InChI is InChI=1S/C23H38/c1-4-16(3)18-6-5-7-20-21(18)12-13-22-19-10-8-15(2)14-17(19)9-11-23(20)22/h15,17-23H,3-14H2,1-2H3. The predicted octanol–water partition coefficient (Wildman–Crippen LogP) is 6.86. The van der Waals surface area contributed by atoms with E-state index in [0.29, 0.717) is 0 Å². The first-order valence-corrected chi connectivity index (χ1v) is 10.9. The minimum Gasteiger partial charge on any atom is -0.0996 e. The van der Waals surface area contributed by atoms with Crippen LogP contribution in [-0.4, -0.2) is 0 Å². The second kappa shape index (κ2) is 6.57. The second-order valence-corrected chi connectivity index (χ2v) is 9.70. The first kappa shape index (κ1) is 16.2. The number of hydrogen-bond donors (Lipinski definition) is 0. The van der Waals surface area contributed by atoms with Crippen molar-refractivity contribution >= 4 is 0 Å². The monoisotopic (exact) mass is 314 g/mol. The first-order chi connectivity index (χ1) is 11.2. The van der Waals surface area contributed by atoms with Crippen LogP contribution in [0.3, 0.4) is 0 Å². The zero-order valence-corrected chi connectivity index (χ0v) is 15.6. The summed E-state index contributed by atoms with van der Waals surface area (Å²) in [5.41, 5.74) is 1.58. The summed E-state index contributed by atoms with van der Waals surface area (Å²) in [6.07, 6.45) is 16.6. The van der Waals surface area contributed by atoms with Crippen molar-refractivity contribution in [2.75, 3.05) is 0 Å². The van der Waals surface area contributed by atoms with Crippen molar-refractivity contribution in [3.05, 3.63) is 12.2 Å². The fourth-order valence-corrected chi connectivity index (χ4v) is 7.72. The Labute approximate surface area is 144 Å². The van der Waals surface area contributed by atoms with Gasteiger partial charge in [-0.2, -0.15) is 0 Å². The molecule has 0 nitrogen and oxygen atoms in total. The van der Waals surface area contributed by atoms with Crippen LogP contribution in [0.2, 0.25) is 0 Å². The van der Waals surface area contributed by atoms with Crippen molar-refractivity contribution in [3.63, 3.8) is 0 Å². The van der Waals surface area contributed by atoms with Gasteiger partial charge in [0.1, 0.15) is 0 Å². The highest BCUT2D eigenvalue weighted by molar-refractivity contribution is 5.08. The van der Waals surface area contributed by atoms with Crippen LogP contribution in [0.4, 0.5) is 0 Å². The molecule has 0 heteroatoms. The zero-order chi connectivity index (χ0) is 16.0. The largest absolute Gasteiger partial charge is 0.0996 e. The first-order valence-electron chi connectivity index (χ1n) is 10.9. The normalized spacial score (nSPS) is 49.7. The maximum atomic E-state index is 4.47. The lowest BCUT2D eigenvalue weighted by Gasteiger charge is -2.56. The van der Waals surface area contributed by atoms with Crippen molar-refractivity contribution in [1.29, 1.82) is 0 Å². The van der Waals surface area contributed by atoms with Crippen molar-refractivity contribution in [1.82, 2.24) is 0 Å². The van der Waals surface area contributed by atoms with Crippen molar-refractivity contribution in [2.45, 2.75) is 84.5 Å². The zero-order valence-electron chi connectivity index (χ0n) is 15.6. The fraction of sp³-hybridized carbons (Fsp3) is 0.913. The molecular weight excluding hydrogens is 276 g/mol. The quantitative estimate of drug-likeness (QED) is 0.488. The summed E-state index contributed by atoms with van der Waals surface area (Å²) in [6.45, 7) is 9.29. The molecule has 4 aliphatic rings. The third kappa shape index (κ3) is 2.83. The molecule has 0 aromatic heterocycles. The molecule has 0 amide bonds. The Morgan fingerprint density at radius 1 is 0.783 bits per heavy atom. The third-order valence-electron chi connectivity index (χ3n) is 8.76. The maximum Gasteiger partial charge on any atom is -0.0175 e. The van der Waals surface area contributed by atoms with Crippen molar-refractivity contribution in [2.24, 2.45) is 47.3 Å². The van der Waals surface area contributed by atoms with E-state index in [1.165, 1.54) is 32.1 Å². The van der Waals surface area contributed by atoms with Gasteiger partial charge in [-0.3, -0.25) is 0 Å². The number of hydrogen-bond acceptors (Lipinski definition) is 0. The van der Waals surface area contributed by atoms with Crippen molar-refractivity contribution in [3.8, 4) is 0 Å². The molecule has 0 spiro atoms. The topological polar surface area (TPSA) is 0 Å². The average molecular weight is 315 g/mol. The molecule has 4 rings (SSSR count). The van der Waals surface area contributed by atoms with Crippen LogP contribution in [0.5, 0.6) is 0 Å². The summed E-state index contributed by atoms with van der Waals surface area (Å²) in [4.78, 5) is 0. The van der Waals surface area contributed by atoms with Gasteiger partial charge in [0.15, 0.2) is 0 Å². The van der Waals surface area contributed by atoms with Crippen LogP contribution in [0, 0.1) is 47.3 Å². The Kier molecular flexibility index (Phi) is 4.63. The molecule has 8 atom stereocenters. The van der Waals surface area contributed by atoms with Gasteiger partial charge >= 0.3 is 0 Å². The van der Waals surface area contributed by atoms with Gasteiger partial charge in [-0.15, -0.1) is 0 Å². The lowest BCUT2D eigenvalue weighted by molar-refractivity contribution is -0.0583. The van der Waals surface area contributed by atoms with Crippen LogP contribution in [0.1, 0.15) is 84.5 Å². The molecule has 4 fully saturated rings. The van der Waals surface area contributed by atoms with Crippen molar-refractivity contribution < 1.29 is 0 Å². The van der Waals surface area contributed by atoms with E-state index < -0.39 is 0 Å². The summed E-state index contributed by atoms with van der Waals surface area (Å²) >= 11 is 0. The summed E-state index contributed by atoms with van der Waals surface area (Å²) in [7, 11) is 0. The third-order valence-corrected chi connectivity index (χ3v) is 8.76. The van der Waals surface area contributed by atoms with E-state index in [4.69, 9.17) is 0 Å². The van der Waals surface area contributed by atoms with Gasteiger partial charge in [0.2, 0.25) is 0 Å². The highest BCUT2D eigenvalue weighted by Crippen LogP contribution is 2.59. The van der Waals surface area contributed by atoms with Gasteiger partial charge in [0, 0.05) is 0 Å². The van der Waals surface area contributed by atoms with Crippen LogP contribution in [-0.2, 0) is 0 Å². The molecule has 0 N–H and O–H groups in total. The molecule has 4 saturated carbocycles. The highest BCUT2D eigenvalue weighted by Gasteiger charge is 2.50. The van der Waals surface area contributed by atoms with Gasteiger partial charge in [-0.1, -0.05) is 38.8 Å². The Balaban J connectivity index is 1.51. The summed E-state index contributed by atoms with van der Waals surface area (Å²) in [5.74, 6) is 8.38. The average Bonchev–Trinajstić information content (AvgIpc) is 2.59. The number of rotatable bonds is 2. The fourth-order valence-electron chi connectivity index (χ4n) is 7.72. The Morgan fingerprint density at radius 2 is 1.43 bits per heavy atom. The molecule has 0 aliphatic heterocycles. The maximum absolute atomic E-state index is 4.47. The van der Waals surface area contributed by atoms with Gasteiger partial charge in [-0.25, -0.2) is 0 Å². The molecule has 0 radical (unpaired) electrons. The van der Waals surface area contributed by atoms with Crippen LogP contribution in [0.25, 0.3) is 0 Å². The minimum atomic E-state index is 0.879. The molecule has 0 aromatic carbocycles. The van der Waals surface area contributed by atoms with Crippen LogP contribution >= 0.6 is 0 Å². The van der Waals surface area contributed by atoms with Gasteiger partial charge in [0.05, 0.1) is 0 Å². The van der Waals surface area contributed by atoms with E-state index in [2.05, 4.69) is 20.4 Å². The molecule has 4 aliphatic carbocycles. The lowest BCUT2D eigenvalue weighted by Crippen LogP contribution is -2.48. The molecule has 0 bridgehead atoms. The SMILES string of the molecule is C=C(CC)C1CCCC2C1CCC1C3CCC(C)CC3CCC12. The van der Waals surface area contributed by atoms with Crippen LogP contribution in [0.15, 0.2) is 12.2 Å². The number of allylic oxidation sites excluding steroid dienone is 1. The molecule has 0 aromatic rings. The molecule has 23 heavy (non-hydrogen) atoms.